The Kier molecular flexibility index (Phi) is 4.20. The van der Waals surface area contributed by atoms with Crippen molar-refractivity contribution in [2.75, 3.05) is 19.7 Å². The molecule has 1 saturated heterocycles. The lowest BCUT2D eigenvalue weighted by Gasteiger charge is -2.19. The van der Waals surface area contributed by atoms with Gasteiger partial charge < -0.3 is 10.1 Å². The van der Waals surface area contributed by atoms with Crippen LogP contribution < -0.4 is 5.32 Å². The second-order valence-corrected chi connectivity index (χ2v) is 4.96. The Balaban J connectivity index is 1.94. The van der Waals surface area contributed by atoms with Crippen LogP contribution >= 0.6 is 0 Å². The van der Waals surface area contributed by atoms with E-state index in [-0.39, 0.29) is 5.60 Å². The molecule has 1 N–H and O–H groups in total. The van der Waals surface area contributed by atoms with E-state index >= 15 is 0 Å². The topological polar surface area (TPSA) is 21.3 Å². The number of hydrogen-bond acceptors (Lipinski definition) is 2. The van der Waals surface area contributed by atoms with E-state index in [1.165, 1.54) is 32.4 Å². The van der Waals surface area contributed by atoms with Crippen molar-refractivity contribution in [2.45, 2.75) is 45.6 Å². The van der Waals surface area contributed by atoms with Gasteiger partial charge >= 0.3 is 0 Å². The molecule has 0 bridgehead atoms. The summed E-state index contributed by atoms with van der Waals surface area (Å²) >= 11 is 0. The number of ether oxygens (including phenoxy) is 1. The largest absolute Gasteiger partial charge is 0.376 e. The molecule has 0 unspecified atom stereocenters. The zero-order valence-corrected chi connectivity index (χ0v) is 9.23. The molecule has 0 saturated carbocycles. The van der Waals surface area contributed by atoms with Crippen LogP contribution in [0.4, 0.5) is 0 Å². The predicted octanol–water partition coefficient (Wildman–Crippen LogP) is 2.19. The van der Waals surface area contributed by atoms with Crippen LogP contribution in [0, 0.1) is 5.92 Å². The molecule has 1 fully saturated rings. The first-order valence-corrected chi connectivity index (χ1v) is 5.42. The highest BCUT2D eigenvalue weighted by atomic mass is 16.5. The van der Waals surface area contributed by atoms with Gasteiger partial charge in [0.25, 0.3) is 0 Å². The second-order valence-electron chi connectivity index (χ2n) is 4.96. The van der Waals surface area contributed by atoms with Crippen molar-refractivity contribution < 1.29 is 4.74 Å². The van der Waals surface area contributed by atoms with Crippen molar-refractivity contribution in [3.05, 3.63) is 0 Å². The van der Waals surface area contributed by atoms with Crippen LogP contribution in [0.3, 0.4) is 0 Å². The molecule has 78 valence electrons. The van der Waals surface area contributed by atoms with E-state index in [1.807, 2.05) is 0 Å². The molecule has 0 aromatic heterocycles. The van der Waals surface area contributed by atoms with Crippen LogP contribution in [0.15, 0.2) is 0 Å². The fourth-order valence-corrected chi connectivity index (χ4v) is 1.71. The molecule has 0 aromatic carbocycles. The normalized spacial score (nSPS) is 23.8. The monoisotopic (exact) mass is 185 g/mol. The van der Waals surface area contributed by atoms with Gasteiger partial charge in [-0.1, -0.05) is 0 Å². The second kappa shape index (κ2) is 4.97. The summed E-state index contributed by atoms with van der Waals surface area (Å²) in [6.07, 6.45) is 3.89. The van der Waals surface area contributed by atoms with E-state index in [0.717, 1.165) is 12.5 Å². The Labute approximate surface area is 82.0 Å². The minimum atomic E-state index is 0.0356. The molecule has 2 nitrogen and oxygen atoms in total. The molecule has 1 heterocycles. The zero-order chi connectivity index (χ0) is 9.73. The third kappa shape index (κ3) is 5.27. The third-order valence-corrected chi connectivity index (χ3v) is 2.45. The van der Waals surface area contributed by atoms with Crippen molar-refractivity contribution in [1.29, 1.82) is 0 Å². The molecule has 0 spiro atoms. The van der Waals surface area contributed by atoms with E-state index < -0.39 is 0 Å². The summed E-state index contributed by atoms with van der Waals surface area (Å²) in [5.74, 6) is 0.906. The molecule has 2 heteroatoms. The molecule has 0 amide bonds. The molecule has 1 aliphatic heterocycles. The third-order valence-electron chi connectivity index (χ3n) is 2.45. The first-order chi connectivity index (χ1) is 6.08. The molecule has 0 aromatic rings. The molecule has 1 rings (SSSR count). The minimum Gasteiger partial charge on any atom is -0.376 e. The first-order valence-electron chi connectivity index (χ1n) is 5.42. The average Bonchev–Trinajstić information content (AvgIpc) is 2.48. The zero-order valence-electron chi connectivity index (χ0n) is 9.23. The summed E-state index contributed by atoms with van der Waals surface area (Å²) in [4.78, 5) is 0. The van der Waals surface area contributed by atoms with E-state index in [1.54, 1.807) is 0 Å². The summed E-state index contributed by atoms with van der Waals surface area (Å²) in [6, 6.07) is 0. The van der Waals surface area contributed by atoms with Crippen LogP contribution in [0.2, 0.25) is 0 Å². The van der Waals surface area contributed by atoms with E-state index in [9.17, 15) is 0 Å². The van der Waals surface area contributed by atoms with Gasteiger partial charge in [-0.2, -0.15) is 0 Å². The smallest absolute Gasteiger partial charge is 0.0598 e. The summed E-state index contributed by atoms with van der Waals surface area (Å²) in [7, 11) is 0. The van der Waals surface area contributed by atoms with Crippen LogP contribution in [0.5, 0.6) is 0 Å². The highest BCUT2D eigenvalue weighted by molar-refractivity contribution is 4.70. The maximum absolute atomic E-state index is 5.67. The minimum absolute atomic E-state index is 0.0356. The summed E-state index contributed by atoms with van der Waals surface area (Å²) in [6.45, 7) is 9.69. The molecule has 1 aliphatic rings. The van der Waals surface area contributed by atoms with Crippen molar-refractivity contribution in [2.24, 2.45) is 5.92 Å². The predicted molar refractivity (Wildman–Crippen MR) is 55.9 cm³/mol. The molecular weight excluding hydrogens is 162 g/mol. The van der Waals surface area contributed by atoms with Crippen molar-refractivity contribution in [1.82, 2.24) is 5.32 Å². The van der Waals surface area contributed by atoms with Gasteiger partial charge in [-0.25, -0.2) is 0 Å². The lowest BCUT2D eigenvalue weighted by Crippen LogP contribution is -2.20. The summed E-state index contributed by atoms with van der Waals surface area (Å²) in [5, 5.41) is 3.39. The van der Waals surface area contributed by atoms with Crippen LogP contribution in [0.1, 0.15) is 40.0 Å². The van der Waals surface area contributed by atoms with E-state index in [4.69, 9.17) is 4.74 Å². The number of rotatable bonds is 4. The lowest BCUT2D eigenvalue weighted by atomic mass is 10.0. The Hall–Kier alpha value is -0.0800. The Morgan fingerprint density at radius 2 is 2.15 bits per heavy atom. The summed E-state index contributed by atoms with van der Waals surface area (Å²) in [5.41, 5.74) is 0.0356. The SMILES string of the molecule is CC(C)(C)OCCC[C@@H]1CCNC1. The summed E-state index contributed by atoms with van der Waals surface area (Å²) < 4.78 is 5.67. The highest BCUT2D eigenvalue weighted by Crippen LogP contribution is 2.15. The molecular formula is C11H23NO. The van der Waals surface area contributed by atoms with Gasteiger partial charge in [0.2, 0.25) is 0 Å². The van der Waals surface area contributed by atoms with Crippen molar-refractivity contribution >= 4 is 0 Å². The Morgan fingerprint density at radius 1 is 1.38 bits per heavy atom. The van der Waals surface area contributed by atoms with Gasteiger partial charge in [0.1, 0.15) is 0 Å². The van der Waals surface area contributed by atoms with Crippen molar-refractivity contribution in [3.8, 4) is 0 Å². The van der Waals surface area contributed by atoms with E-state index in [2.05, 4.69) is 26.1 Å². The van der Waals surface area contributed by atoms with Gasteiger partial charge in [0.15, 0.2) is 0 Å². The molecule has 13 heavy (non-hydrogen) atoms. The van der Waals surface area contributed by atoms with Gasteiger partial charge in [0, 0.05) is 6.61 Å². The average molecular weight is 185 g/mol. The van der Waals surface area contributed by atoms with Crippen LogP contribution in [0.25, 0.3) is 0 Å². The molecule has 0 radical (unpaired) electrons. The maximum Gasteiger partial charge on any atom is 0.0598 e. The standard InChI is InChI=1S/C11H23NO/c1-11(2,3)13-8-4-5-10-6-7-12-9-10/h10,12H,4-9H2,1-3H3/t10-/m1/s1. The van der Waals surface area contributed by atoms with Gasteiger partial charge in [-0.05, 0) is 59.0 Å². The Morgan fingerprint density at radius 3 is 2.69 bits per heavy atom. The lowest BCUT2D eigenvalue weighted by molar-refractivity contribution is -0.00568. The number of hydrogen-bond donors (Lipinski definition) is 1. The van der Waals surface area contributed by atoms with Crippen LogP contribution in [-0.2, 0) is 4.74 Å². The van der Waals surface area contributed by atoms with Gasteiger partial charge in [-0.3, -0.25) is 0 Å². The van der Waals surface area contributed by atoms with Crippen molar-refractivity contribution in [3.63, 3.8) is 0 Å². The highest BCUT2D eigenvalue weighted by Gasteiger charge is 2.14. The molecule has 1 atom stereocenters. The fraction of sp³-hybridized carbons (Fsp3) is 1.00. The fourth-order valence-electron chi connectivity index (χ4n) is 1.71. The Bertz CT molecular complexity index is 134. The molecule has 0 aliphatic carbocycles. The quantitative estimate of drug-likeness (QED) is 0.678. The first kappa shape index (κ1) is 11.0. The van der Waals surface area contributed by atoms with Gasteiger partial charge in [0.05, 0.1) is 5.60 Å². The maximum atomic E-state index is 5.67. The van der Waals surface area contributed by atoms with Crippen LogP contribution in [-0.4, -0.2) is 25.3 Å². The van der Waals surface area contributed by atoms with Gasteiger partial charge in [-0.15, -0.1) is 0 Å². The number of nitrogens with one attached hydrogen (secondary N) is 1. The van der Waals surface area contributed by atoms with E-state index in [0.29, 0.717) is 0 Å².